The average molecular weight is 1660 g/mol. The van der Waals surface area contributed by atoms with Gasteiger partial charge >= 0.3 is 0 Å². The molecule has 6 atom stereocenters. The van der Waals surface area contributed by atoms with E-state index in [1.807, 2.05) is 9.80 Å². The molecule has 0 aromatic carbocycles. The molecule has 0 heterocycles. The Morgan fingerprint density at radius 3 is 0.817 bits per heavy atom. The zero-order valence-electron chi connectivity index (χ0n) is 64.1. The van der Waals surface area contributed by atoms with Crippen molar-refractivity contribution in [1.82, 2.24) is 41.7 Å². The van der Waals surface area contributed by atoms with Crippen molar-refractivity contribution in [3.8, 4) is 0 Å². The summed E-state index contributed by atoms with van der Waals surface area (Å²) in [6.45, 7) is 10.1. The topological polar surface area (TPSA) is 423 Å². The maximum atomic E-state index is 13.9. The van der Waals surface area contributed by atoms with E-state index in [1.165, 1.54) is 77.0 Å². The molecular weight excluding hydrogens is 1500 g/mol. The van der Waals surface area contributed by atoms with Gasteiger partial charge in [-0.05, 0) is 161 Å². The Labute approximate surface area is 679 Å². The number of carbonyl (C=O) groups excluding carboxylic acids is 8. The van der Waals surface area contributed by atoms with Gasteiger partial charge in [0.05, 0.1) is 24.2 Å². The summed E-state index contributed by atoms with van der Waals surface area (Å²) >= 11 is 0. The van der Waals surface area contributed by atoms with Gasteiger partial charge in [-0.15, -0.1) is 99.3 Å². The third-order valence-corrected chi connectivity index (χ3v) is 18.0. The highest BCUT2D eigenvalue weighted by Crippen LogP contribution is 2.16. The van der Waals surface area contributed by atoms with Crippen molar-refractivity contribution in [2.45, 2.75) is 333 Å². The van der Waals surface area contributed by atoms with Crippen LogP contribution < -0.4 is 77.8 Å². The monoisotopic (exact) mass is 1650 g/mol. The first-order chi connectivity index (χ1) is 46.5. The predicted octanol–water partition coefficient (Wildman–Crippen LogP) is 9.80. The summed E-state index contributed by atoms with van der Waals surface area (Å²) in [7, 11) is 0. The number of amides is 8. The number of nitrogens with one attached hydrogen (secondary N) is 6. The Balaban J connectivity index is -0.00000161. The average Bonchev–Trinajstić information content (AvgIpc) is 1.57. The lowest BCUT2D eigenvalue weighted by atomic mass is 10.0. The molecule has 0 bridgehead atoms. The van der Waals surface area contributed by atoms with Crippen LogP contribution in [0.25, 0.3) is 0 Å². The van der Waals surface area contributed by atoms with Crippen LogP contribution in [-0.2, 0) is 38.4 Å². The Bertz CT molecular complexity index is 2000. The molecule has 8 amide bonds. The Morgan fingerprint density at radius 2 is 0.490 bits per heavy atom. The first-order valence-electron chi connectivity index (χ1n) is 38.6. The zero-order valence-corrected chi connectivity index (χ0v) is 70.6. The summed E-state index contributed by atoms with van der Waals surface area (Å²) in [6.07, 6.45) is 37.3. The smallest absolute Gasteiger partial charge is 0.242 e. The molecule has 0 aliphatic heterocycles. The molecule has 0 spiro atoms. The van der Waals surface area contributed by atoms with Crippen molar-refractivity contribution in [3.63, 3.8) is 0 Å². The molecule has 0 fully saturated rings. The zero-order chi connectivity index (χ0) is 71.1. The fraction of sp³-hybridized carbons (Fsp3) is 0.889. The van der Waals surface area contributed by atoms with Crippen LogP contribution in [0.2, 0.25) is 0 Å². The standard InChI is InChI=1S/C72H146N16O8.8ClH/c1-3-5-7-9-11-13-15-17-22-45-65(89)87(57-37-53-81-67(91)59(77)41-27-33-51-83-71(95)63(43-21-19-20-29-47-73)85-69(93)61(79)39-24-30-48-74)55-35-36-56-88(66(90)46-23-18-16-14-12-10-8-6-4-2)58-38-54-82-68(92)60(78)42-28-34-52-84-72(96)64(44-26-32-50-76)86-70(94)62(80)40-25-31-49-75;;;;;;;;/h59-64H,3-58,73-80H2,1-2H3,(H,81,91)(H,82,92)(H,83,95)(H,84,96)(H,85,93)(H,86,94);8*1H/t59-,60-,61-,62-,63-,64-;;;;;;;;/m0......../s1. The molecule has 0 saturated carbocycles. The highest BCUT2D eigenvalue weighted by Gasteiger charge is 2.26. The first kappa shape index (κ1) is 120. The van der Waals surface area contributed by atoms with E-state index in [1.54, 1.807) is 0 Å². The number of nitrogens with two attached hydrogens (primary N) is 8. The molecule has 0 saturated heterocycles. The number of rotatable bonds is 69. The Kier molecular flexibility index (Phi) is 99.7. The van der Waals surface area contributed by atoms with Gasteiger partial charge in [0.25, 0.3) is 0 Å². The van der Waals surface area contributed by atoms with Gasteiger partial charge in [0.2, 0.25) is 47.3 Å². The summed E-state index contributed by atoms with van der Waals surface area (Å²) in [6, 6.07) is -4.34. The Morgan fingerprint density at radius 1 is 0.260 bits per heavy atom. The van der Waals surface area contributed by atoms with E-state index in [4.69, 9.17) is 45.9 Å². The highest BCUT2D eigenvalue weighted by molar-refractivity contribution is 5.91. The van der Waals surface area contributed by atoms with Crippen molar-refractivity contribution in [3.05, 3.63) is 0 Å². The largest absolute Gasteiger partial charge is 0.355 e. The van der Waals surface area contributed by atoms with Crippen LogP contribution in [-0.4, -0.2) is 172 Å². The van der Waals surface area contributed by atoms with Gasteiger partial charge in [-0.3, -0.25) is 38.4 Å². The molecule has 104 heavy (non-hydrogen) atoms. The molecule has 24 nitrogen and oxygen atoms in total. The normalized spacial score (nSPS) is 12.2. The lowest BCUT2D eigenvalue weighted by Gasteiger charge is -2.26. The Hall–Kier alpha value is -2.24. The summed E-state index contributed by atoms with van der Waals surface area (Å²) < 4.78 is 0. The van der Waals surface area contributed by atoms with E-state index in [-0.39, 0.29) is 147 Å². The first-order valence-corrected chi connectivity index (χ1v) is 38.6. The van der Waals surface area contributed by atoms with Crippen molar-refractivity contribution in [2.75, 3.05) is 78.5 Å². The van der Waals surface area contributed by atoms with Gasteiger partial charge < -0.3 is 87.6 Å². The minimum atomic E-state index is -0.739. The van der Waals surface area contributed by atoms with Crippen LogP contribution in [0.1, 0.15) is 296 Å². The van der Waals surface area contributed by atoms with E-state index >= 15 is 0 Å². The summed E-state index contributed by atoms with van der Waals surface area (Å²) in [5.41, 5.74) is 47.4. The molecule has 626 valence electrons. The number of carbonyl (C=O) groups is 8. The molecule has 0 aliphatic carbocycles. The molecule has 0 aromatic rings. The number of hydrogen-bond donors (Lipinski definition) is 14. The number of unbranched alkanes of at least 4 members (excludes halogenated alkanes) is 25. The van der Waals surface area contributed by atoms with Crippen LogP contribution in [0.3, 0.4) is 0 Å². The van der Waals surface area contributed by atoms with Crippen LogP contribution in [0.15, 0.2) is 0 Å². The molecule has 0 unspecified atom stereocenters. The second-order valence-corrected chi connectivity index (χ2v) is 26.9. The molecule has 0 rings (SSSR count). The van der Waals surface area contributed by atoms with Crippen LogP contribution in [0, 0.1) is 0 Å². The van der Waals surface area contributed by atoms with Crippen LogP contribution in [0.5, 0.6) is 0 Å². The van der Waals surface area contributed by atoms with E-state index < -0.39 is 36.3 Å². The third-order valence-electron chi connectivity index (χ3n) is 18.0. The number of halogens is 8. The van der Waals surface area contributed by atoms with E-state index in [2.05, 4.69) is 45.7 Å². The molecule has 0 aliphatic rings. The number of hydrogen-bond acceptors (Lipinski definition) is 16. The summed E-state index contributed by atoms with van der Waals surface area (Å²) in [4.78, 5) is 110. The molecular formula is C72H154Cl8N16O8. The number of nitrogens with zero attached hydrogens (tertiary/aromatic N) is 2. The minimum Gasteiger partial charge on any atom is -0.355 e. The van der Waals surface area contributed by atoms with Gasteiger partial charge in [0, 0.05) is 65.2 Å². The maximum Gasteiger partial charge on any atom is 0.242 e. The lowest BCUT2D eigenvalue weighted by Crippen LogP contribution is -2.51. The van der Waals surface area contributed by atoms with Crippen molar-refractivity contribution in [2.24, 2.45) is 45.9 Å². The molecule has 32 heteroatoms. The van der Waals surface area contributed by atoms with Gasteiger partial charge in [0.1, 0.15) is 12.1 Å². The molecule has 22 N–H and O–H groups in total. The highest BCUT2D eigenvalue weighted by atomic mass is 35.5. The summed E-state index contributed by atoms with van der Waals surface area (Å²) in [5, 5.41) is 17.5. The van der Waals surface area contributed by atoms with E-state index in [9.17, 15) is 38.4 Å². The van der Waals surface area contributed by atoms with Crippen molar-refractivity contribution < 1.29 is 38.4 Å². The summed E-state index contributed by atoms with van der Waals surface area (Å²) in [5.74, 6) is -1.60. The van der Waals surface area contributed by atoms with Gasteiger partial charge in [-0.2, -0.15) is 0 Å². The maximum absolute atomic E-state index is 13.9. The quantitative estimate of drug-likeness (QED) is 0.0252. The molecule has 0 radical (unpaired) electrons. The predicted molar refractivity (Wildman–Crippen MR) is 450 cm³/mol. The van der Waals surface area contributed by atoms with E-state index in [0.717, 1.165) is 96.3 Å². The fourth-order valence-electron chi connectivity index (χ4n) is 11.7. The second kappa shape index (κ2) is 86.4. The van der Waals surface area contributed by atoms with Gasteiger partial charge in [-0.1, -0.05) is 149 Å². The van der Waals surface area contributed by atoms with Crippen molar-refractivity contribution in [1.29, 1.82) is 0 Å². The van der Waals surface area contributed by atoms with E-state index in [0.29, 0.717) is 188 Å². The lowest BCUT2D eigenvalue weighted by molar-refractivity contribution is -0.133. The van der Waals surface area contributed by atoms with Gasteiger partial charge in [-0.25, -0.2) is 0 Å². The SMILES string of the molecule is CCCCCCCCCCCC(=O)N(CCCCN(CCCNC(=O)[C@@H](N)CCCCNC(=O)[C@H](CCCCCCN)NC(=O)[C@@H](N)CCCCN)C(=O)CCCCCCCCCCC)CCCNC(=O)[C@@H](N)CCCCNC(=O)[C@H](CCCCN)NC(=O)[C@@H](N)CCCCN.Cl.Cl.Cl.Cl.Cl.Cl.Cl.Cl. The van der Waals surface area contributed by atoms with Crippen LogP contribution >= 0.6 is 99.3 Å². The third kappa shape index (κ3) is 69.0. The molecule has 0 aromatic heterocycles. The fourth-order valence-corrected chi connectivity index (χ4v) is 11.7. The van der Waals surface area contributed by atoms with Crippen LogP contribution in [0.4, 0.5) is 0 Å². The van der Waals surface area contributed by atoms with Crippen molar-refractivity contribution >= 4 is 147 Å². The van der Waals surface area contributed by atoms with Gasteiger partial charge in [0.15, 0.2) is 0 Å². The minimum absolute atomic E-state index is 0. The second-order valence-electron chi connectivity index (χ2n) is 26.9.